The second-order valence-corrected chi connectivity index (χ2v) is 11.6. The first kappa shape index (κ1) is 23.7. The molecule has 1 aromatic heterocycles. The minimum Gasteiger partial charge on any atom is -0.454 e. The van der Waals surface area contributed by atoms with Gasteiger partial charge >= 0.3 is 0 Å². The molecule has 1 fully saturated rings. The second-order valence-electron chi connectivity index (χ2n) is 8.47. The summed E-state index contributed by atoms with van der Waals surface area (Å²) in [6.45, 7) is 3.05. The number of rotatable bonds is 8. The van der Waals surface area contributed by atoms with Crippen LogP contribution < -0.4 is 9.47 Å². The van der Waals surface area contributed by atoms with Crippen LogP contribution >= 0.6 is 11.8 Å². The largest absolute Gasteiger partial charge is 0.454 e. The van der Waals surface area contributed by atoms with Crippen LogP contribution in [0.1, 0.15) is 18.9 Å². The van der Waals surface area contributed by atoms with Gasteiger partial charge in [0.25, 0.3) is 0 Å². The van der Waals surface area contributed by atoms with Crippen LogP contribution in [0.2, 0.25) is 0 Å². The highest BCUT2D eigenvalue weighted by molar-refractivity contribution is 7.99. The number of thioether (sulfide) groups is 1. The summed E-state index contributed by atoms with van der Waals surface area (Å²) in [6, 6.07) is 15.3. The van der Waals surface area contributed by atoms with Gasteiger partial charge in [-0.1, -0.05) is 48.2 Å². The summed E-state index contributed by atoms with van der Waals surface area (Å²) in [5, 5.41) is 9.43. The zero-order valence-electron chi connectivity index (χ0n) is 19.3. The topological polar surface area (TPSA) is 104 Å². The molecular formula is C24H26N4O5S2. The Morgan fingerprint density at radius 2 is 1.94 bits per heavy atom. The lowest BCUT2D eigenvalue weighted by molar-refractivity contribution is -0.129. The molecule has 5 rings (SSSR count). The van der Waals surface area contributed by atoms with Gasteiger partial charge in [0.15, 0.2) is 32.3 Å². The molecule has 35 heavy (non-hydrogen) atoms. The number of sulfone groups is 1. The van der Waals surface area contributed by atoms with Gasteiger partial charge in [0.2, 0.25) is 12.7 Å². The molecule has 3 aromatic rings. The number of carbonyl (C=O) groups excluding carboxylic acids is 1. The zero-order valence-corrected chi connectivity index (χ0v) is 20.9. The summed E-state index contributed by atoms with van der Waals surface area (Å²) in [7, 11) is -3.07. The predicted molar refractivity (Wildman–Crippen MR) is 132 cm³/mol. The van der Waals surface area contributed by atoms with E-state index in [1.54, 1.807) is 4.90 Å². The summed E-state index contributed by atoms with van der Waals surface area (Å²) >= 11 is 1.31. The minimum atomic E-state index is -3.07. The van der Waals surface area contributed by atoms with Crippen molar-refractivity contribution < 1.29 is 22.7 Å². The van der Waals surface area contributed by atoms with E-state index in [-0.39, 0.29) is 36.0 Å². The van der Waals surface area contributed by atoms with Crippen molar-refractivity contribution in [3.63, 3.8) is 0 Å². The van der Waals surface area contributed by atoms with E-state index in [9.17, 15) is 13.2 Å². The summed E-state index contributed by atoms with van der Waals surface area (Å²) in [4.78, 5) is 14.7. The third-order valence-corrected chi connectivity index (χ3v) is 8.86. The maximum absolute atomic E-state index is 13.0. The SMILES string of the molecule is CCN(C(=O)CSc1nnc(-c2ccccc2)n1Cc1ccc2c(c1)OCO2)[C@H]1CCS(=O)(=O)C1. The quantitative estimate of drug-likeness (QED) is 0.423. The van der Waals surface area contributed by atoms with Crippen LogP contribution in [0.5, 0.6) is 11.5 Å². The van der Waals surface area contributed by atoms with Gasteiger partial charge in [0.1, 0.15) is 0 Å². The van der Waals surface area contributed by atoms with E-state index in [0.717, 1.165) is 16.9 Å². The van der Waals surface area contributed by atoms with Crippen LogP contribution in [-0.4, -0.2) is 70.6 Å². The summed E-state index contributed by atoms with van der Waals surface area (Å²) < 4.78 is 36.7. The average Bonchev–Trinajstić information content (AvgIpc) is 3.57. The smallest absolute Gasteiger partial charge is 0.233 e. The van der Waals surface area contributed by atoms with Gasteiger partial charge in [-0.3, -0.25) is 9.36 Å². The molecule has 1 atom stereocenters. The Balaban J connectivity index is 1.37. The highest BCUT2D eigenvalue weighted by atomic mass is 32.2. The predicted octanol–water partition coefficient (Wildman–Crippen LogP) is 2.85. The number of hydrogen-bond acceptors (Lipinski definition) is 8. The summed E-state index contributed by atoms with van der Waals surface area (Å²) in [5.74, 6) is 2.35. The van der Waals surface area contributed by atoms with Crippen LogP contribution in [-0.2, 0) is 21.2 Å². The lowest BCUT2D eigenvalue weighted by Gasteiger charge is -2.26. The van der Waals surface area contributed by atoms with Gasteiger partial charge in [-0.05, 0) is 31.0 Å². The van der Waals surface area contributed by atoms with Crippen molar-refractivity contribution in [2.75, 3.05) is 30.6 Å². The summed E-state index contributed by atoms with van der Waals surface area (Å²) in [5.41, 5.74) is 1.91. The second kappa shape index (κ2) is 9.90. The molecular weight excluding hydrogens is 488 g/mol. The number of carbonyl (C=O) groups is 1. The number of fused-ring (bicyclic) bond motifs is 1. The van der Waals surface area contributed by atoms with E-state index >= 15 is 0 Å². The lowest BCUT2D eigenvalue weighted by atomic mass is 10.2. The van der Waals surface area contributed by atoms with Gasteiger partial charge in [-0.15, -0.1) is 10.2 Å². The third kappa shape index (κ3) is 5.15. The van der Waals surface area contributed by atoms with Gasteiger partial charge in [-0.2, -0.15) is 0 Å². The molecule has 1 amide bonds. The standard InChI is InChI=1S/C24H26N4O5S2/c1-2-27(19-10-11-35(30,31)15-19)22(29)14-34-24-26-25-23(18-6-4-3-5-7-18)28(24)13-17-8-9-20-21(12-17)33-16-32-20/h3-9,12,19H,2,10-11,13-16H2,1H3/t19-/m0/s1. The van der Waals surface area contributed by atoms with Crippen molar-refractivity contribution in [2.24, 2.45) is 0 Å². The van der Waals surface area contributed by atoms with Gasteiger partial charge in [-0.25, -0.2) is 8.42 Å². The highest BCUT2D eigenvalue weighted by Crippen LogP contribution is 2.34. The van der Waals surface area contributed by atoms with Gasteiger partial charge < -0.3 is 14.4 Å². The number of benzene rings is 2. The molecule has 0 bridgehead atoms. The van der Waals surface area contributed by atoms with E-state index in [0.29, 0.717) is 36.2 Å². The van der Waals surface area contributed by atoms with E-state index < -0.39 is 9.84 Å². The molecule has 2 aliphatic rings. The highest BCUT2D eigenvalue weighted by Gasteiger charge is 2.34. The van der Waals surface area contributed by atoms with E-state index in [4.69, 9.17) is 9.47 Å². The Labute approximate surface area is 208 Å². The molecule has 9 nitrogen and oxygen atoms in total. The Bertz CT molecular complexity index is 1330. The molecule has 0 aliphatic carbocycles. The normalized spacial score (nSPS) is 18.0. The van der Waals surface area contributed by atoms with Crippen LogP contribution in [0.3, 0.4) is 0 Å². The fourth-order valence-electron chi connectivity index (χ4n) is 4.43. The Morgan fingerprint density at radius 1 is 1.14 bits per heavy atom. The molecule has 0 saturated carbocycles. The Hall–Kier alpha value is -3.05. The fraction of sp³-hybridized carbons (Fsp3) is 0.375. The molecule has 0 unspecified atom stereocenters. The van der Waals surface area contributed by atoms with Crippen molar-refractivity contribution in [2.45, 2.75) is 31.1 Å². The zero-order chi connectivity index (χ0) is 24.4. The Kier molecular flexibility index (Phi) is 6.70. The van der Waals surface area contributed by atoms with E-state index in [1.807, 2.05) is 60.0 Å². The molecule has 3 heterocycles. The lowest BCUT2D eigenvalue weighted by Crippen LogP contribution is -2.42. The van der Waals surface area contributed by atoms with Gasteiger partial charge in [0.05, 0.1) is 23.8 Å². The van der Waals surface area contributed by atoms with Crippen LogP contribution in [0.4, 0.5) is 0 Å². The molecule has 0 N–H and O–H groups in total. The van der Waals surface area contributed by atoms with E-state index in [1.165, 1.54) is 11.8 Å². The average molecular weight is 515 g/mol. The van der Waals surface area contributed by atoms with E-state index in [2.05, 4.69) is 10.2 Å². The monoisotopic (exact) mass is 514 g/mol. The molecule has 184 valence electrons. The van der Waals surface area contributed by atoms with Crippen LogP contribution in [0.15, 0.2) is 53.7 Å². The maximum Gasteiger partial charge on any atom is 0.233 e. The van der Waals surface area contributed by atoms with Crippen LogP contribution in [0, 0.1) is 0 Å². The van der Waals surface area contributed by atoms with Gasteiger partial charge in [0, 0.05) is 18.2 Å². The summed E-state index contributed by atoms with van der Waals surface area (Å²) in [6.07, 6.45) is 0.491. The molecule has 2 aliphatic heterocycles. The molecule has 0 spiro atoms. The van der Waals surface area contributed by atoms with Crippen molar-refractivity contribution in [1.29, 1.82) is 0 Å². The number of aromatic nitrogens is 3. The number of ether oxygens (including phenoxy) is 2. The molecule has 11 heteroatoms. The molecule has 2 aromatic carbocycles. The Morgan fingerprint density at radius 3 is 2.69 bits per heavy atom. The number of hydrogen-bond donors (Lipinski definition) is 0. The first-order valence-electron chi connectivity index (χ1n) is 11.4. The van der Waals surface area contributed by atoms with Crippen molar-refractivity contribution in [1.82, 2.24) is 19.7 Å². The minimum absolute atomic E-state index is 0.0374. The number of amides is 1. The first-order chi connectivity index (χ1) is 16.9. The van der Waals surface area contributed by atoms with Crippen molar-refractivity contribution >= 4 is 27.5 Å². The first-order valence-corrected chi connectivity index (χ1v) is 14.2. The molecule has 1 saturated heterocycles. The fourth-order valence-corrected chi connectivity index (χ4v) is 6.98. The number of nitrogens with zero attached hydrogens (tertiary/aromatic N) is 4. The van der Waals surface area contributed by atoms with Crippen LogP contribution in [0.25, 0.3) is 11.4 Å². The van der Waals surface area contributed by atoms with Crippen molar-refractivity contribution in [3.8, 4) is 22.9 Å². The maximum atomic E-state index is 13.0. The van der Waals surface area contributed by atoms with Crippen molar-refractivity contribution in [3.05, 3.63) is 54.1 Å². The molecule has 0 radical (unpaired) electrons. The third-order valence-electron chi connectivity index (χ3n) is 6.16.